The summed E-state index contributed by atoms with van der Waals surface area (Å²) in [7, 11) is 0. The van der Waals surface area contributed by atoms with Crippen molar-refractivity contribution in [1.29, 1.82) is 0 Å². The smallest absolute Gasteiger partial charge is 0.122 e. The predicted octanol–water partition coefficient (Wildman–Crippen LogP) is 3.79. The second-order valence-electron chi connectivity index (χ2n) is 5.72. The molecule has 3 rings (SSSR count). The molecule has 1 aliphatic rings. The van der Waals surface area contributed by atoms with Crippen molar-refractivity contribution >= 4 is 15.9 Å². The first-order valence-corrected chi connectivity index (χ1v) is 8.09. The number of para-hydroxylation sites is 1. The third-order valence-corrected chi connectivity index (χ3v) is 4.64. The molecule has 2 atom stereocenters. The minimum absolute atomic E-state index is 0.102. The van der Waals surface area contributed by atoms with Gasteiger partial charge in [0.1, 0.15) is 5.75 Å². The number of hydrogen-bond donors (Lipinski definition) is 1. The molecule has 0 amide bonds. The van der Waals surface area contributed by atoms with E-state index in [2.05, 4.69) is 40.9 Å². The van der Waals surface area contributed by atoms with Crippen molar-refractivity contribution in [2.45, 2.75) is 38.3 Å². The fourth-order valence-electron chi connectivity index (χ4n) is 3.01. The lowest BCUT2D eigenvalue weighted by atomic mass is 9.85. The molecule has 112 valence electrons. The molecule has 2 heterocycles. The van der Waals surface area contributed by atoms with E-state index in [-0.39, 0.29) is 18.0 Å². The van der Waals surface area contributed by atoms with Crippen molar-refractivity contribution in [3.05, 3.63) is 46.2 Å². The fraction of sp³-hybridized carbons (Fsp3) is 0.438. The van der Waals surface area contributed by atoms with Crippen molar-refractivity contribution in [2.24, 2.45) is 5.73 Å². The first-order chi connectivity index (χ1) is 10.1. The summed E-state index contributed by atoms with van der Waals surface area (Å²) in [6.45, 7) is 4.95. The molecular formula is C16H20BrN3O. The van der Waals surface area contributed by atoms with E-state index in [1.807, 2.05) is 29.1 Å². The zero-order chi connectivity index (χ0) is 15.0. The van der Waals surface area contributed by atoms with Crippen LogP contribution < -0.4 is 10.5 Å². The van der Waals surface area contributed by atoms with E-state index in [9.17, 15) is 0 Å². The standard InChI is InChI=1S/C16H20BrN3O/c1-10(2)20-16(13(17)9-19-20)15(18)12-7-8-21-14-6-4-3-5-11(12)14/h3-6,9-10,12,15H,7-8,18H2,1-2H3. The lowest BCUT2D eigenvalue weighted by Gasteiger charge is -2.31. The summed E-state index contributed by atoms with van der Waals surface area (Å²) in [5, 5.41) is 4.45. The Kier molecular flexibility index (Phi) is 4.04. The van der Waals surface area contributed by atoms with Crippen LogP contribution >= 0.6 is 15.9 Å². The summed E-state index contributed by atoms with van der Waals surface area (Å²) in [5.74, 6) is 1.20. The Bertz CT molecular complexity index is 638. The molecule has 0 radical (unpaired) electrons. The average Bonchev–Trinajstić information content (AvgIpc) is 2.88. The monoisotopic (exact) mass is 349 g/mol. The number of nitrogens with two attached hydrogens (primary N) is 1. The Morgan fingerprint density at radius 3 is 2.90 bits per heavy atom. The molecule has 4 nitrogen and oxygen atoms in total. The minimum atomic E-state index is -0.102. The molecular weight excluding hydrogens is 330 g/mol. The molecule has 5 heteroatoms. The number of ether oxygens (including phenoxy) is 1. The van der Waals surface area contributed by atoms with Gasteiger partial charge in [-0.1, -0.05) is 18.2 Å². The third-order valence-electron chi connectivity index (χ3n) is 4.03. The van der Waals surface area contributed by atoms with Crippen LogP contribution in [0.25, 0.3) is 0 Å². The Balaban J connectivity index is 2.01. The summed E-state index contributed by atoms with van der Waals surface area (Å²) < 4.78 is 8.73. The fourth-order valence-corrected chi connectivity index (χ4v) is 3.54. The van der Waals surface area contributed by atoms with Gasteiger partial charge < -0.3 is 10.5 Å². The van der Waals surface area contributed by atoms with Crippen LogP contribution in [0.5, 0.6) is 5.75 Å². The van der Waals surface area contributed by atoms with Gasteiger partial charge >= 0.3 is 0 Å². The van der Waals surface area contributed by atoms with E-state index in [0.29, 0.717) is 6.61 Å². The molecule has 0 saturated carbocycles. The largest absolute Gasteiger partial charge is 0.493 e. The van der Waals surface area contributed by atoms with Gasteiger partial charge in [-0.25, -0.2) is 0 Å². The highest BCUT2D eigenvalue weighted by Gasteiger charge is 2.31. The summed E-state index contributed by atoms with van der Waals surface area (Å²) in [5.41, 5.74) is 8.88. The van der Waals surface area contributed by atoms with Gasteiger partial charge in [-0.15, -0.1) is 0 Å². The van der Waals surface area contributed by atoms with Gasteiger partial charge in [0.25, 0.3) is 0 Å². The summed E-state index contributed by atoms with van der Waals surface area (Å²) in [6, 6.07) is 8.36. The van der Waals surface area contributed by atoms with Crippen LogP contribution in [-0.2, 0) is 0 Å². The highest BCUT2D eigenvalue weighted by molar-refractivity contribution is 9.10. The Morgan fingerprint density at radius 2 is 2.14 bits per heavy atom. The van der Waals surface area contributed by atoms with E-state index in [1.165, 1.54) is 5.56 Å². The Hall–Kier alpha value is -1.33. The molecule has 0 fully saturated rings. The molecule has 2 N–H and O–H groups in total. The van der Waals surface area contributed by atoms with Crippen LogP contribution in [0.15, 0.2) is 34.9 Å². The maximum Gasteiger partial charge on any atom is 0.122 e. The number of rotatable bonds is 3. The van der Waals surface area contributed by atoms with Crippen LogP contribution in [-0.4, -0.2) is 16.4 Å². The zero-order valence-electron chi connectivity index (χ0n) is 12.3. The molecule has 1 aliphatic heterocycles. The van der Waals surface area contributed by atoms with E-state index in [0.717, 1.165) is 22.3 Å². The van der Waals surface area contributed by atoms with Gasteiger partial charge in [0.15, 0.2) is 0 Å². The Labute approximate surface area is 133 Å². The normalized spacial score (nSPS) is 19.2. The number of benzene rings is 1. The molecule has 2 unspecified atom stereocenters. The lowest BCUT2D eigenvalue weighted by molar-refractivity contribution is 0.252. The molecule has 0 bridgehead atoms. The number of fused-ring (bicyclic) bond motifs is 1. The molecule has 1 aromatic carbocycles. The molecule has 1 aromatic heterocycles. The van der Waals surface area contributed by atoms with Crippen molar-refractivity contribution in [3.8, 4) is 5.75 Å². The highest BCUT2D eigenvalue weighted by Crippen LogP contribution is 2.42. The summed E-state index contributed by atoms with van der Waals surface area (Å²) >= 11 is 3.60. The quantitative estimate of drug-likeness (QED) is 0.916. The highest BCUT2D eigenvalue weighted by atomic mass is 79.9. The molecule has 0 saturated heterocycles. The van der Waals surface area contributed by atoms with E-state index < -0.39 is 0 Å². The topological polar surface area (TPSA) is 53.1 Å². The Morgan fingerprint density at radius 1 is 1.38 bits per heavy atom. The number of aromatic nitrogens is 2. The zero-order valence-corrected chi connectivity index (χ0v) is 13.9. The summed E-state index contributed by atoms with van der Waals surface area (Å²) in [6.07, 6.45) is 2.76. The van der Waals surface area contributed by atoms with Crippen molar-refractivity contribution in [2.75, 3.05) is 6.61 Å². The maximum atomic E-state index is 6.62. The van der Waals surface area contributed by atoms with Crippen LogP contribution in [0.2, 0.25) is 0 Å². The second kappa shape index (κ2) is 5.81. The maximum absolute atomic E-state index is 6.62. The van der Waals surface area contributed by atoms with Crippen LogP contribution in [0.1, 0.15) is 49.5 Å². The van der Waals surface area contributed by atoms with Gasteiger partial charge in [-0.3, -0.25) is 4.68 Å². The van der Waals surface area contributed by atoms with E-state index in [1.54, 1.807) is 0 Å². The SMILES string of the molecule is CC(C)n1ncc(Br)c1C(N)C1CCOc2ccccc21. The van der Waals surface area contributed by atoms with Gasteiger partial charge in [-0.2, -0.15) is 5.10 Å². The predicted molar refractivity (Wildman–Crippen MR) is 86.5 cm³/mol. The van der Waals surface area contributed by atoms with Gasteiger partial charge in [-0.05, 0) is 47.8 Å². The van der Waals surface area contributed by atoms with Crippen LogP contribution in [0, 0.1) is 0 Å². The first kappa shape index (κ1) is 14.6. The number of nitrogens with zero attached hydrogens (tertiary/aromatic N) is 2. The van der Waals surface area contributed by atoms with E-state index >= 15 is 0 Å². The summed E-state index contributed by atoms with van der Waals surface area (Å²) in [4.78, 5) is 0. The number of hydrogen-bond acceptors (Lipinski definition) is 3. The second-order valence-corrected chi connectivity index (χ2v) is 6.58. The van der Waals surface area contributed by atoms with Gasteiger partial charge in [0.05, 0.1) is 29.0 Å². The van der Waals surface area contributed by atoms with Gasteiger partial charge in [0.2, 0.25) is 0 Å². The number of halogens is 1. The molecule has 0 aliphatic carbocycles. The average molecular weight is 350 g/mol. The molecule has 0 spiro atoms. The molecule has 21 heavy (non-hydrogen) atoms. The van der Waals surface area contributed by atoms with E-state index in [4.69, 9.17) is 10.5 Å². The first-order valence-electron chi connectivity index (χ1n) is 7.29. The lowest BCUT2D eigenvalue weighted by Crippen LogP contribution is -2.28. The third kappa shape index (κ3) is 2.60. The van der Waals surface area contributed by atoms with Crippen LogP contribution in [0.4, 0.5) is 0 Å². The van der Waals surface area contributed by atoms with Crippen molar-refractivity contribution in [3.63, 3.8) is 0 Å². The van der Waals surface area contributed by atoms with Crippen molar-refractivity contribution in [1.82, 2.24) is 9.78 Å². The minimum Gasteiger partial charge on any atom is -0.493 e. The van der Waals surface area contributed by atoms with Gasteiger partial charge in [0, 0.05) is 12.0 Å². The van der Waals surface area contributed by atoms with Crippen molar-refractivity contribution < 1.29 is 4.74 Å². The molecule has 2 aromatic rings. The van der Waals surface area contributed by atoms with Crippen LogP contribution in [0.3, 0.4) is 0 Å².